The van der Waals surface area contributed by atoms with Gasteiger partial charge in [-0.15, -0.1) is 0 Å². The molecule has 0 aliphatic carbocycles. The zero-order valence-electron chi connectivity index (χ0n) is 8.90. The van der Waals surface area contributed by atoms with E-state index in [9.17, 15) is 0 Å². The molecule has 1 fully saturated rings. The van der Waals surface area contributed by atoms with Gasteiger partial charge in [-0.05, 0) is 25.0 Å². The molecule has 0 N–H and O–H groups in total. The van der Waals surface area contributed by atoms with Crippen molar-refractivity contribution in [1.82, 2.24) is 9.38 Å². The number of ether oxygens (including phenoxy) is 1. The monoisotopic (exact) mass is 236 g/mol. The highest BCUT2D eigenvalue weighted by Gasteiger charge is 2.20. The van der Waals surface area contributed by atoms with Gasteiger partial charge < -0.3 is 9.14 Å². The molecule has 1 unspecified atom stereocenters. The maximum atomic E-state index is 6.01. The Labute approximate surface area is 99.0 Å². The number of halogens is 1. The van der Waals surface area contributed by atoms with E-state index in [0.717, 1.165) is 42.4 Å². The lowest BCUT2D eigenvalue weighted by Gasteiger charge is -2.21. The van der Waals surface area contributed by atoms with Crippen molar-refractivity contribution in [2.75, 3.05) is 13.2 Å². The third-order valence-electron chi connectivity index (χ3n) is 3.05. The Morgan fingerprint density at radius 3 is 3.19 bits per heavy atom. The van der Waals surface area contributed by atoms with E-state index in [-0.39, 0.29) is 0 Å². The molecule has 2 aromatic rings. The second-order valence-electron chi connectivity index (χ2n) is 4.17. The Kier molecular flexibility index (Phi) is 2.58. The first kappa shape index (κ1) is 10.1. The number of pyridine rings is 1. The van der Waals surface area contributed by atoms with Crippen LogP contribution in [0.5, 0.6) is 0 Å². The molecule has 1 saturated heterocycles. The van der Waals surface area contributed by atoms with Crippen LogP contribution in [0.15, 0.2) is 24.5 Å². The molecular weight excluding hydrogens is 224 g/mol. The normalized spacial score (nSPS) is 21.4. The van der Waals surface area contributed by atoms with Crippen LogP contribution in [0, 0.1) is 0 Å². The van der Waals surface area contributed by atoms with E-state index in [0.29, 0.717) is 5.92 Å². The van der Waals surface area contributed by atoms with Crippen molar-refractivity contribution in [3.8, 4) is 0 Å². The van der Waals surface area contributed by atoms with Gasteiger partial charge in [-0.25, -0.2) is 4.98 Å². The molecule has 0 amide bonds. The summed E-state index contributed by atoms with van der Waals surface area (Å²) in [5, 5.41) is 0.739. The van der Waals surface area contributed by atoms with Gasteiger partial charge >= 0.3 is 0 Å². The molecule has 3 rings (SSSR count). The van der Waals surface area contributed by atoms with Gasteiger partial charge in [0.05, 0.1) is 23.3 Å². The predicted octanol–water partition coefficient (Wildman–Crippen LogP) is 2.88. The number of aromatic nitrogens is 2. The lowest BCUT2D eigenvalue weighted by atomic mass is 10.0. The number of hydrogen-bond donors (Lipinski definition) is 0. The second kappa shape index (κ2) is 4.07. The van der Waals surface area contributed by atoms with Crippen molar-refractivity contribution in [2.24, 2.45) is 0 Å². The highest BCUT2D eigenvalue weighted by atomic mass is 35.5. The van der Waals surface area contributed by atoms with Crippen LogP contribution in [0.4, 0.5) is 0 Å². The largest absolute Gasteiger partial charge is 0.381 e. The molecule has 0 saturated carbocycles. The molecule has 4 heteroatoms. The predicted molar refractivity (Wildman–Crippen MR) is 63.0 cm³/mol. The van der Waals surface area contributed by atoms with Crippen molar-refractivity contribution in [2.45, 2.75) is 18.8 Å². The SMILES string of the molecule is Clc1ccc2cnc(C3CCCOC3)n2c1. The second-order valence-corrected chi connectivity index (χ2v) is 4.61. The average Bonchev–Trinajstić information content (AvgIpc) is 2.73. The molecule has 3 nitrogen and oxygen atoms in total. The van der Waals surface area contributed by atoms with Gasteiger partial charge in [0.25, 0.3) is 0 Å². The van der Waals surface area contributed by atoms with Crippen LogP contribution in [0.1, 0.15) is 24.6 Å². The quantitative estimate of drug-likeness (QED) is 0.761. The molecule has 0 aromatic carbocycles. The smallest absolute Gasteiger partial charge is 0.118 e. The van der Waals surface area contributed by atoms with Crippen molar-refractivity contribution in [1.29, 1.82) is 0 Å². The molecule has 0 bridgehead atoms. The summed E-state index contributed by atoms with van der Waals surface area (Å²) < 4.78 is 7.57. The van der Waals surface area contributed by atoms with E-state index in [2.05, 4.69) is 9.38 Å². The van der Waals surface area contributed by atoms with Crippen molar-refractivity contribution in [3.05, 3.63) is 35.4 Å². The Bertz CT molecular complexity index is 503. The van der Waals surface area contributed by atoms with Crippen molar-refractivity contribution < 1.29 is 4.74 Å². The molecule has 0 spiro atoms. The van der Waals surface area contributed by atoms with Crippen LogP contribution in [-0.2, 0) is 4.74 Å². The number of nitrogens with zero attached hydrogens (tertiary/aromatic N) is 2. The maximum absolute atomic E-state index is 6.01. The third kappa shape index (κ3) is 1.70. The van der Waals surface area contributed by atoms with Crippen LogP contribution in [0.3, 0.4) is 0 Å². The number of imidazole rings is 1. The topological polar surface area (TPSA) is 26.5 Å². The fourth-order valence-corrected chi connectivity index (χ4v) is 2.39. The highest BCUT2D eigenvalue weighted by molar-refractivity contribution is 6.30. The van der Waals surface area contributed by atoms with Gasteiger partial charge in [0, 0.05) is 18.7 Å². The minimum Gasteiger partial charge on any atom is -0.381 e. The van der Waals surface area contributed by atoms with Gasteiger partial charge in [-0.3, -0.25) is 0 Å². The van der Waals surface area contributed by atoms with Crippen LogP contribution in [-0.4, -0.2) is 22.6 Å². The zero-order chi connectivity index (χ0) is 11.0. The molecule has 0 radical (unpaired) electrons. The summed E-state index contributed by atoms with van der Waals surface area (Å²) >= 11 is 6.01. The lowest BCUT2D eigenvalue weighted by Crippen LogP contribution is -2.17. The van der Waals surface area contributed by atoms with Crippen LogP contribution < -0.4 is 0 Å². The van der Waals surface area contributed by atoms with Gasteiger partial charge in [-0.1, -0.05) is 11.6 Å². The zero-order valence-corrected chi connectivity index (χ0v) is 9.65. The summed E-state index contributed by atoms with van der Waals surface area (Å²) in [6.07, 6.45) is 6.07. The summed E-state index contributed by atoms with van der Waals surface area (Å²) in [4.78, 5) is 4.48. The summed E-state index contributed by atoms with van der Waals surface area (Å²) in [7, 11) is 0. The Balaban J connectivity index is 2.05. The van der Waals surface area contributed by atoms with Gasteiger partial charge in [0.1, 0.15) is 5.82 Å². The number of fused-ring (bicyclic) bond motifs is 1. The Morgan fingerprint density at radius 2 is 2.38 bits per heavy atom. The number of rotatable bonds is 1. The number of hydrogen-bond acceptors (Lipinski definition) is 2. The lowest BCUT2D eigenvalue weighted by molar-refractivity contribution is 0.0779. The molecular formula is C12H13ClN2O. The van der Waals surface area contributed by atoms with Crippen molar-refractivity contribution >= 4 is 17.1 Å². The first-order chi connectivity index (χ1) is 7.84. The molecule has 1 aliphatic heterocycles. The fourth-order valence-electron chi connectivity index (χ4n) is 2.23. The molecule has 16 heavy (non-hydrogen) atoms. The third-order valence-corrected chi connectivity index (χ3v) is 3.27. The van der Waals surface area contributed by atoms with E-state index < -0.39 is 0 Å². The van der Waals surface area contributed by atoms with Crippen LogP contribution >= 0.6 is 11.6 Å². The summed E-state index contributed by atoms with van der Waals surface area (Å²) in [6, 6.07) is 3.88. The minimum absolute atomic E-state index is 0.398. The summed E-state index contributed by atoms with van der Waals surface area (Å²) in [5.74, 6) is 1.46. The van der Waals surface area contributed by atoms with E-state index in [1.54, 1.807) is 0 Å². The standard InChI is InChI=1S/C12H13ClN2O/c13-10-3-4-11-6-14-12(15(11)7-10)9-2-1-5-16-8-9/h3-4,6-7,9H,1-2,5,8H2. The first-order valence-electron chi connectivity index (χ1n) is 5.55. The van der Waals surface area contributed by atoms with E-state index >= 15 is 0 Å². The van der Waals surface area contributed by atoms with Crippen LogP contribution in [0.25, 0.3) is 5.52 Å². The summed E-state index contributed by atoms with van der Waals surface area (Å²) in [6.45, 7) is 1.65. The van der Waals surface area contributed by atoms with Gasteiger partial charge in [0.2, 0.25) is 0 Å². The maximum Gasteiger partial charge on any atom is 0.118 e. The molecule has 1 atom stereocenters. The van der Waals surface area contributed by atoms with Crippen molar-refractivity contribution in [3.63, 3.8) is 0 Å². The van der Waals surface area contributed by atoms with Gasteiger partial charge in [0.15, 0.2) is 0 Å². The average molecular weight is 237 g/mol. The van der Waals surface area contributed by atoms with E-state index in [4.69, 9.17) is 16.3 Å². The Hall–Kier alpha value is -1.06. The van der Waals surface area contributed by atoms with Gasteiger partial charge in [-0.2, -0.15) is 0 Å². The fraction of sp³-hybridized carbons (Fsp3) is 0.417. The minimum atomic E-state index is 0.398. The summed E-state index contributed by atoms with van der Waals surface area (Å²) in [5.41, 5.74) is 1.09. The van der Waals surface area contributed by atoms with E-state index in [1.165, 1.54) is 0 Å². The van der Waals surface area contributed by atoms with Crippen LogP contribution in [0.2, 0.25) is 5.02 Å². The molecule has 3 heterocycles. The molecule has 84 valence electrons. The molecule has 1 aliphatic rings. The molecule has 2 aromatic heterocycles. The first-order valence-corrected chi connectivity index (χ1v) is 5.92. The highest BCUT2D eigenvalue weighted by Crippen LogP contribution is 2.25. The Morgan fingerprint density at radius 1 is 1.44 bits per heavy atom. The van der Waals surface area contributed by atoms with E-state index in [1.807, 2.05) is 24.5 Å².